The molecule has 0 radical (unpaired) electrons. The number of nitrogens with one attached hydrogen (secondary N) is 1. The second-order valence-electron chi connectivity index (χ2n) is 7.67. The Hall–Kier alpha value is -4.26. The Bertz CT molecular complexity index is 1470. The zero-order valence-corrected chi connectivity index (χ0v) is 17.8. The summed E-state index contributed by atoms with van der Waals surface area (Å²) < 4.78 is 28.1. The van der Waals surface area contributed by atoms with E-state index in [4.69, 9.17) is 0 Å². The van der Waals surface area contributed by atoms with Gasteiger partial charge in [-0.25, -0.2) is 14.4 Å². The van der Waals surface area contributed by atoms with E-state index < -0.39 is 11.8 Å². The summed E-state index contributed by atoms with van der Waals surface area (Å²) in [5.41, 5.74) is 4.30. The predicted octanol–water partition coefficient (Wildman–Crippen LogP) is 5.95. The van der Waals surface area contributed by atoms with E-state index in [0.717, 1.165) is 33.3 Å². The van der Waals surface area contributed by atoms with E-state index in [1.165, 1.54) is 18.3 Å². The van der Waals surface area contributed by atoms with E-state index in [1.54, 1.807) is 36.8 Å². The average Bonchev–Trinajstić information content (AvgIpc) is 2.82. The molecule has 5 aromatic rings. The number of fused-ring (bicyclic) bond motifs is 1. The van der Waals surface area contributed by atoms with Crippen LogP contribution in [-0.4, -0.2) is 19.9 Å². The van der Waals surface area contributed by atoms with Crippen LogP contribution in [0.2, 0.25) is 0 Å². The summed E-state index contributed by atoms with van der Waals surface area (Å²) in [6, 6.07) is 15.5. The second kappa shape index (κ2) is 8.70. The number of halogens is 2. The molecule has 0 bridgehead atoms. The number of aromatic nitrogens is 4. The molecule has 4 aromatic heterocycles. The van der Waals surface area contributed by atoms with Gasteiger partial charge in [0.25, 0.3) is 0 Å². The molecular formula is C26H19F2N5. The van der Waals surface area contributed by atoms with Crippen molar-refractivity contribution in [1.82, 2.24) is 19.9 Å². The lowest BCUT2D eigenvalue weighted by Crippen LogP contribution is -2.03. The van der Waals surface area contributed by atoms with Crippen molar-refractivity contribution in [3.8, 4) is 22.4 Å². The number of nitrogens with zero attached hydrogens (tertiary/aromatic N) is 4. The molecule has 1 N–H and O–H groups in total. The van der Waals surface area contributed by atoms with Gasteiger partial charge in [-0.3, -0.25) is 9.97 Å². The molecule has 0 aliphatic heterocycles. The van der Waals surface area contributed by atoms with Crippen LogP contribution in [0.3, 0.4) is 0 Å². The van der Waals surface area contributed by atoms with E-state index in [-0.39, 0.29) is 0 Å². The Morgan fingerprint density at radius 3 is 2.42 bits per heavy atom. The zero-order valence-electron chi connectivity index (χ0n) is 17.8. The molecule has 5 nitrogen and oxygen atoms in total. The molecular weight excluding hydrogens is 420 g/mol. The standard InChI is InChI=1S/C26H19F2N5/c1-16-10-20(6-7-29-16)24-12-18-5-9-31-26(22(18)15-32-24)33-14-17-2-3-21(23(27)11-17)19-4-8-30-25(28)13-19/h2-13,15H,14H2,1H3,(H,31,33). The lowest BCUT2D eigenvalue weighted by Gasteiger charge is -2.11. The van der Waals surface area contributed by atoms with E-state index >= 15 is 0 Å². The van der Waals surface area contributed by atoms with Gasteiger partial charge in [-0.05, 0) is 59.8 Å². The van der Waals surface area contributed by atoms with E-state index in [2.05, 4.69) is 25.3 Å². The van der Waals surface area contributed by atoms with Gasteiger partial charge in [0.05, 0.1) is 5.69 Å². The fourth-order valence-corrected chi connectivity index (χ4v) is 3.73. The molecule has 0 atom stereocenters. The molecule has 1 aromatic carbocycles. The largest absolute Gasteiger partial charge is 0.365 e. The van der Waals surface area contributed by atoms with Gasteiger partial charge < -0.3 is 5.32 Å². The van der Waals surface area contributed by atoms with Crippen LogP contribution >= 0.6 is 0 Å². The summed E-state index contributed by atoms with van der Waals surface area (Å²) in [4.78, 5) is 16.8. The van der Waals surface area contributed by atoms with Crippen LogP contribution in [-0.2, 0) is 6.54 Å². The minimum absolute atomic E-state index is 0.325. The number of benzene rings is 1. The van der Waals surface area contributed by atoms with Crippen LogP contribution < -0.4 is 5.32 Å². The second-order valence-corrected chi connectivity index (χ2v) is 7.67. The molecule has 33 heavy (non-hydrogen) atoms. The molecule has 0 saturated carbocycles. The minimum atomic E-state index is -0.643. The first kappa shape index (κ1) is 20.6. The first-order valence-electron chi connectivity index (χ1n) is 10.4. The Balaban J connectivity index is 1.38. The molecule has 7 heteroatoms. The van der Waals surface area contributed by atoms with Crippen LogP contribution in [0, 0.1) is 18.7 Å². The van der Waals surface area contributed by atoms with Gasteiger partial charge in [-0.2, -0.15) is 4.39 Å². The molecule has 4 heterocycles. The summed E-state index contributed by atoms with van der Waals surface area (Å²) in [5.74, 6) is -0.404. The highest BCUT2D eigenvalue weighted by molar-refractivity contribution is 5.93. The topological polar surface area (TPSA) is 63.6 Å². The third kappa shape index (κ3) is 4.39. The maximum Gasteiger partial charge on any atom is 0.213 e. The average molecular weight is 439 g/mol. The maximum absolute atomic E-state index is 14.7. The Labute approximate surface area is 189 Å². The van der Waals surface area contributed by atoms with E-state index in [9.17, 15) is 8.78 Å². The summed E-state index contributed by atoms with van der Waals surface area (Å²) >= 11 is 0. The molecule has 0 aliphatic rings. The van der Waals surface area contributed by atoms with Crippen molar-refractivity contribution in [3.63, 3.8) is 0 Å². The third-order valence-electron chi connectivity index (χ3n) is 5.37. The lowest BCUT2D eigenvalue weighted by atomic mass is 10.0. The van der Waals surface area contributed by atoms with E-state index in [1.807, 2.05) is 31.2 Å². The van der Waals surface area contributed by atoms with Crippen molar-refractivity contribution in [3.05, 3.63) is 102 Å². The van der Waals surface area contributed by atoms with Crippen LogP contribution in [0.5, 0.6) is 0 Å². The van der Waals surface area contributed by atoms with Gasteiger partial charge in [-0.1, -0.05) is 12.1 Å². The SMILES string of the molecule is Cc1cc(-c2cc3ccnc(NCc4ccc(-c5ccnc(F)c5)c(F)c4)c3cn2)ccn1. The third-order valence-corrected chi connectivity index (χ3v) is 5.37. The Morgan fingerprint density at radius 2 is 1.61 bits per heavy atom. The van der Waals surface area contributed by atoms with Crippen molar-refractivity contribution in [2.24, 2.45) is 0 Å². The first-order valence-corrected chi connectivity index (χ1v) is 10.4. The number of aryl methyl sites for hydroxylation is 1. The molecule has 0 spiro atoms. The Morgan fingerprint density at radius 1 is 0.788 bits per heavy atom. The number of anilines is 1. The van der Waals surface area contributed by atoms with Crippen molar-refractivity contribution in [2.45, 2.75) is 13.5 Å². The molecule has 0 fully saturated rings. The highest BCUT2D eigenvalue weighted by Gasteiger charge is 2.10. The summed E-state index contributed by atoms with van der Waals surface area (Å²) in [5, 5.41) is 5.14. The van der Waals surface area contributed by atoms with Crippen molar-refractivity contribution in [1.29, 1.82) is 0 Å². The van der Waals surface area contributed by atoms with Crippen molar-refractivity contribution >= 4 is 16.6 Å². The predicted molar refractivity (Wildman–Crippen MR) is 124 cm³/mol. The van der Waals surface area contributed by atoms with Crippen LogP contribution in [0.15, 0.2) is 79.4 Å². The molecule has 0 unspecified atom stereocenters. The number of rotatable bonds is 5. The van der Waals surface area contributed by atoms with Gasteiger partial charge in [0, 0.05) is 59.6 Å². The normalized spacial score (nSPS) is 11.0. The molecule has 0 saturated heterocycles. The highest BCUT2D eigenvalue weighted by Crippen LogP contribution is 2.27. The minimum Gasteiger partial charge on any atom is -0.365 e. The zero-order chi connectivity index (χ0) is 22.8. The summed E-state index contributed by atoms with van der Waals surface area (Å²) in [6.45, 7) is 2.32. The maximum atomic E-state index is 14.7. The van der Waals surface area contributed by atoms with Crippen LogP contribution in [0.4, 0.5) is 14.6 Å². The lowest BCUT2D eigenvalue weighted by molar-refractivity contribution is 0.584. The summed E-state index contributed by atoms with van der Waals surface area (Å²) in [6.07, 6.45) is 6.61. The number of hydrogen-bond donors (Lipinski definition) is 1. The van der Waals surface area contributed by atoms with Gasteiger partial charge in [0.1, 0.15) is 11.6 Å². The van der Waals surface area contributed by atoms with Crippen molar-refractivity contribution < 1.29 is 8.78 Å². The smallest absolute Gasteiger partial charge is 0.213 e. The molecule has 5 rings (SSSR count). The van der Waals surface area contributed by atoms with Gasteiger partial charge >= 0.3 is 0 Å². The molecule has 0 amide bonds. The Kier molecular flexibility index (Phi) is 5.44. The number of pyridine rings is 4. The summed E-state index contributed by atoms with van der Waals surface area (Å²) in [7, 11) is 0. The fraction of sp³-hybridized carbons (Fsp3) is 0.0769. The van der Waals surface area contributed by atoms with Gasteiger partial charge in [0.15, 0.2) is 0 Å². The van der Waals surface area contributed by atoms with Crippen molar-refractivity contribution in [2.75, 3.05) is 5.32 Å². The fourth-order valence-electron chi connectivity index (χ4n) is 3.73. The van der Waals surface area contributed by atoms with E-state index in [0.29, 0.717) is 23.5 Å². The monoisotopic (exact) mass is 439 g/mol. The van der Waals surface area contributed by atoms with Crippen LogP contribution in [0.1, 0.15) is 11.3 Å². The highest BCUT2D eigenvalue weighted by atomic mass is 19.1. The van der Waals surface area contributed by atoms with Crippen LogP contribution in [0.25, 0.3) is 33.2 Å². The number of hydrogen-bond acceptors (Lipinski definition) is 5. The quantitative estimate of drug-likeness (QED) is 0.343. The van der Waals surface area contributed by atoms with Gasteiger partial charge in [0.2, 0.25) is 5.95 Å². The first-order chi connectivity index (χ1) is 16.1. The molecule has 162 valence electrons. The van der Waals surface area contributed by atoms with Gasteiger partial charge in [-0.15, -0.1) is 0 Å². The molecule has 0 aliphatic carbocycles.